The lowest BCUT2D eigenvalue weighted by molar-refractivity contribution is -0.138. The molecular formula is C10H11F4NO. The van der Waals surface area contributed by atoms with E-state index in [0.29, 0.717) is 0 Å². The Morgan fingerprint density at radius 1 is 1.38 bits per heavy atom. The summed E-state index contributed by atoms with van der Waals surface area (Å²) in [5.41, 5.74) is 5.37. The number of methoxy groups -OCH3 is 1. The molecule has 0 radical (unpaired) electrons. The van der Waals surface area contributed by atoms with Gasteiger partial charge in [-0.2, -0.15) is 13.2 Å². The van der Waals surface area contributed by atoms with E-state index in [1.165, 1.54) is 13.2 Å². The average Bonchev–Trinajstić information content (AvgIpc) is 2.15. The van der Waals surface area contributed by atoms with Crippen LogP contribution in [0, 0.1) is 5.82 Å². The molecule has 1 aromatic carbocycles. The van der Waals surface area contributed by atoms with E-state index in [2.05, 4.69) is 0 Å². The van der Waals surface area contributed by atoms with Crippen molar-refractivity contribution >= 4 is 0 Å². The molecule has 0 saturated carbocycles. The van der Waals surface area contributed by atoms with Crippen LogP contribution in [0.2, 0.25) is 0 Å². The minimum atomic E-state index is -4.39. The van der Waals surface area contributed by atoms with E-state index in [-0.39, 0.29) is 11.3 Å². The third kappa shape index (κ3) is 3.37. The van der Waals surface area contributed by atoms with E-state index in [0.717, 1.165) is 12.1 Å². The Labute approximate surface area is 90.0 Å². The Bertz CT molecular complexity index is 364. The molecule has 1 aromatic rings. The minimum Gasteiger partial charge on any atom is -0.496 e. The van der Waals surface area contributed by atoms with Crippen LogP contribution < -0.4 is 10.5 Å². The van der Waals surface area contributed by atoms with Gasteiger partial charge in [0.2, 0.25) is 0 Å². The molecule has 0 aliphatic rings. The lowest BCUT2D eigenvalue weighted by Gasteiger charge is -2.17. The second kappa shape index (κ2) is 4.69. The zero-order valence-electron chi connectivity index (χ0n) is 8.51. The van der Waals surface area contributed by atoms with Crippen molar-refractivity contribution in [2.24, 2.45) is 5.73 Å². The first-order chi connectivity index (χ1) is 7.33. The summed E-state index contributed by atoms with van der Waals surface area (Å²) in [5, 5.41) is 0. The van der Waals surface area contributed by atoms with Crippen molar-refractivity contribution in [3.63, 3.8) is 0 Å². The maximum absolute atomic E-state index is 12.9. The summed E-state index contributed by atoms with van der Waals surface area (Å²) in [7, 11) is 1.29. The van der Waals surface area contributed by atoms with E-state index < -0.39 is 24.5 Å². The average molecular weight is 237 g/mol. The first kappa shape index (κ1) is 12.8. The summed E-state index contributed by atoms with van der Waals surface area (Å²) in [5.74, 6) is -0.494. The second-order valence-corrected chi connectivity index (χ2v) is 3.31. The van der Waals surface area contributed by atoms with Gasteiger partial charge in [-0.25, -0.2) is 4.39 Å². The van der Waals surface area contributed by atoms with Crippen molar-refractivity contribution < 1.29 is 22.3 Å². The number of benzene rings is 1. The third-order valence-electron chi connectivity index (χ3n) is 2.04. The molecule has 2 nitrogen and oxygen atoms in total. The summed E-state index contributed by atoms with van der Waals surface area (Å²) < 4.78 is 54.0. The molecule has 0 spiro atoms. The van der Waals surface area contributed by atoms with Crippen molar-refractivity contribution in [2.75, 3.05) is 7.11 Å². The quantitative estimate of drug-likeness (QED) is 0.820. The molecule has 6 heteroatoms. The van der Waals surface area contributed by atoms with Gasteiger partial charge in [0.1, 0.15) is 11.6 Å². The van der Waals surface area contributed by atoms with Crippen molar-refractivity contribution in [3.8, 4) is 5.75 Å². The van der Waals surface area contributed by atoms with Crippen molar-refractivity contribution in [1.29, 1.82) is 0 Å². The van der Waals surface area contributed by atoms with Gasteiger partial charge in [0.25, 0.3) is 0 Å². The van der Waals surface area contributed by atoms with Gasteiger partial charge in [0, 0.05) is 11.6 Å². The molecule has 0 bridgehead atoms. The number of alkyl halides is 3. The van der Waals surface area contributed by atoms with Gasteiger partial charge in [0.15, 0.2) is 0 Å². The van der Waals surface area contributed by atoms with Crippen LogP contribution >= 0.6 is 0 Å². The SMILES string of the molecule is COc1ccc(F)cc1C(N)CC(F)(F)F. The van der Waals surface area contributed by atoms with Gasteiger partial charge in [-0.1, -0.05) is 0 Å². The molecule has 1 unspecified atom stereocenters. The zero-order chi connectivity index (χ0) is 12.3. The van der Waals surface area contributed by atoms with Crippen LogP contribution in [0.5, 0.6) is 5.75 Å². The Morgan fingerprint density at radius 2 is 2.00 bits per heavy atom. The fraction of sp³-hybridized carbons (Fsp3) is 0.400. The summed E-state index contributed by atoms with van der Waals surface area (Å²) in [6.07, 6.45) is -5.61. The molecule has 2 N–H and O–H groups in total. The van der Waals surface area contributed by atoms with Crippen LogP contribution in [0.3, 0.4) is 0 Å². The molecule has 0 heterocycles. The number of ether oxygens (including phenoxy) is 1. The second-order valence-electron chi connectivity index (χ2n) is 3.31. The lowest BCUT2D eigenvalue weighted by atomic mass is 10.0. The number of nitrogens with two attached hydrogens (primary N) is 1. The van der Waals surface area contributed by atoms with Crippen LogP contribution in [0.4, 0.5) is 17.6 Å². The van der Waals surface area contributed by atoms with E-state index in [1.807, 2.05) is 0 Å². The first-order valence-electron chi connectivity index (χ1n) is 4.49. The van der Waals surface area contributed by atoms with E-state index in [1.54, 1.807) is 0 Å². The molecule has 0 aliphatic heterocycles. The molecule has 16 heavy (non-hydrogen) atoms. The fourth-order valence-electron chi connectivity index (χ4n) is 1.35. The minimum absolute atomic E-state index is 0.0137. The number of hydrogen-bond acceptors (Lipinski definition) is 2. The van der Waals surface area contributed by atoms with Gasteiger partial charge < -0.3 is 10.5 Å². The van der Waals surface area contributed by atoms with Gasteiger partial charge in [-0.3, -0.25) is 0 Å². The van der Waals surface area contributed by atoms with Gasteiger partial charge in [-0.15, -0.1) is 0 Å². The van der Waals surface area contributed by atoms with Crippen molar-refractivity contribution in [1.82, 2.24) is 0 Å². The topological polar surface area (TPSA) is 35.2 Å². The molecular weight excluding hydrogens is 226 g/mol. The van der Waals surface area contributed by atoms with Crippen molar-refractivity contribution in [3.05, 3.63) is 29.6 Å². The van der Waals surface area contributed by atoms with E-state index in [4.69, 9.17) is 10.5 Å². The highest BCUT2D eigenvalue weighted by atomic mass is 19.4. The predicted octanol–water partition coefficient (Wildman–Crippen LogP) is 2.79. The number of hydrogen-bond donors (Lipinski definition) is 1. The largest absolute Gasteiger partial charge is 0.496 e. The van der Waals surface area contributed by atoms with E-state index in [9.17, 15) is 17.6 Å². The van der Waals surface area contributed by atoms with Gasteiger partial charge >= 0.3 is 6.18 Å². The molecule has 0 fully saturated rings. The van der Waals surface area contributed by atoms with Crippen LogP contribution in [0.1, 0.15) is 18.0 Å². The van der Waals surface area contributed by atoms with Crippen LogP contribution in [-0.2, 0) is 0 Å². The zero-order valence-corrected chi connectivity index (χ0v) is 8.51. The molecule has 0 amide bonds. The maximum atomic E-state index is 12.9. The Morgan fingerprint density at radius 3 is 2.50 bits per heavy atom. The normalized spacial score (nSPS) is 13.6. The smallest absolute Gasteiger partial charge is 0.390 e. The molecule has 0 aliphatic carbocycles. The molecule has 0 saturated heterocycles. The third-order valence-corrected chi connectivity index (χ3v) is 2.04. The Hall–Kier alpha value is -1.30. The summed E-state index contributed by atoms with van der Waals surface area (Å²) in [6.45, 7) is 0. The van der Waals surface area contributed by atoms with Crippen LogP contribution in [0.15, 0.2) is 18.2 Å². The maximum Gasteiger partial charge on any atom is 0.390 e. The molecule has 90 valence electrons. The first-order valence-corrected chi connectivity index (χ1v) is 4.49. The molecule has 0 aromatic heterocycles. The fourth-order valence-corrected chi connectivity index (χ4v) is 1.35. The predicted molar refractivity (Wildman–Crippen MR) is 50.6 cm³/mol. The summed E-state index contributed by atoms with van der Waals surface area (Å²) >= 11 is 0. The van der Waals surface area contributed by atoms with Crippen LogP contribution in [-0.4, -0.2) is 13.3 Å². The molecule has 1 rings (SSSR count). The monoisotopic (exact) mass is 237 g/mol. The van der Waals surface area contributed by atoms with Crippen molar-refractivity contribution in [2.45, 2.75) is 18.6 Å². The highest BCUT2D eigenvalue weighted by molar-refractivity contribution is 5.36. The van der Waals surface area contributed by atoms with Crippen LogP contribution in [0.25, 0.3) is 0 Å². The molecule has 1 atom stereocenters. The number of rotatable bonds is 3. The summed E-state index contributed by atoms with van der Waals surface area (Å²) in [4.78, 5) is 0. The van der Waals surface area contributed by atoms with Gasteiger partial charge in [0.05, 0.1) is 13.5 Å². The van der Waals surface area contributed by atoms with Gasteiger partial charge in [-0.05, 0) is 18.2 Å². The van der Waals surface area contributed by atoms with E-state index >= 15 is 0 Å². The standard InChI is InChI=1S/C10H11F4NO/c1-16-9-3-2-6(11)4-7(9)8(15)5-10(12,13)14/h2-4,8H,5,15H2,1H3. The highest BCUT2D eigenvalue weighted by Crippen LogP contribution is 2.32. The number of halogens is 4. The summed E-state index contributed by atoms with van der Waals surface area (Å²) in [6, 6.07) is 1.98. The Kier molecular flexibility index (Phi) is 3.74. The highest BCUT2D eigenvalue weighted by Gasteiger charge is 2.32. The lowest BCUT2D eigenvalue weighted by Crippen LogP contribution is -2.20. The Balaban J connectivity index is 2.97.